The third-order valence-corrected chi connectivity index (χ3v) is 2.68. The maximum absolute atomic E-state index is 11.5. The minimum atomic E-state index is -0.753. The van der Waals surface area contributed by atoms with Crippen LogP contribution in [0.5, 0.6) is 0 Å². The van der Waals surface area contributed by atoms with Crippen LogP contribution in [-0.4, -0.2) is 44.7 Å². The van der Waals surface area contributed by atoms with Gasteiger partial charge in [-0.25, -0.2) is 0 Å². The second-order valence-corrected chi connectivity index (χ2v) is 4.37. The van der Waals surface area contributed by atoms with Crippen molar-refractivity contribution in [3.63, 3.8) is 0 Å². The lowest BCUT2D eigenvalue weighted by Crippen LogP contribution is -2.47. The number of benzene rings is 1. The molecule has 0 bridgehead atoms. The summed E-state index contributed by atoms with van der Waals surface area (Å²) in [6.07, 6.45) is 0.754. The zero-order valence-corrected chi connectivity index (χ0v) is 11.6. The summed E-state index contributed by atoms with van der Waals surface area (Å²) < 4.78 is 4.76. The van der Waals surface area contributed by atoms with Gasteiger partial charge in [-0.05, 0) is 12.0 Å². The summed E-state index contributed by atoms with van der Waals surface area (Å²) in [6, 6.07) is 9.09. The highest BCUT2D eigenvalue weighted by molar-refractivity contribution is 5.87. The fraction of sp³-hybridized carbons (Fsp3) is 0.429. The van der Waals surface area contributed by atoms with Crippen LogP contribution >= 0.6 is 0 Å². The van der Waals surface area contributed by atoms with Gasteiger partial charge in [0.1, 0.15) is 6.04 Å². The van der Waals surface area contributed by atoms with Crippen LogP contribution in [0.2, 0.25) is 0 Å². The molecule has 0 aliphatic heterocycles. The Bertz CT molecular complexity index is 423. The number of hydrogen-bond acceptors (Lipinski definition) is 4. The standard InChI is InChI=1S/C14H21N3O3/c1-20-10-12(15)14(19)17-9-13(18)16-8-7-11-5-3-2-4-6-11/h2-6,12H,7-10,15H2,1H3,(H,16,18)(H,17,19). The molecular formula is C14H21N3O3. The normalized spacial score (nSPS) is 11.7. The van der Waals surface area contributed by atoms with Gasteiger partial charge >= 0.3 is 0 Å². The van der Waals surface area contributed by atoms with Crippen molar-refractivity contribution in [2.45, 2.75) is 12.5 Å². The molecule has 1 rings (SSSR count). The quantitative estimate of drug-likeness (QED) is 0.594. The third-order valence-electron chi connectivity index (χ3n) is 2.68. The summed E-state index contributed by atoms with van der Waals surface area (Å²) in [5, 5.41) is 5.19. The van der Waals surface area contributed by atoms with Crippen molar-refractivity contribution in [3.8, 4) is 0 Å². The first-order valence-electron chi connectivity index (χ1n) is 6.46. The molecule has 0 radical (unpaired) electrons. The highest BCUT2D eigenvalue weighted by Gasteiger charge is 2.13. The Hall–Kier alpha value is -1.92. The van der Waals surface area contributed by atoms with E-state index in [4.69, 9.17) is 10.5 Å². The molecular weight excluding hydrogens is 258 g/mol. The zero-order chi connectivity index (χ0) is 14.8. The Kier molecular flexibility index (Phi) is 7.31. The largest absolute Gasteiger partial charge is 0.383 e. The molecule has 0 fully saturated rings. The predicted octanol–water partition coefficient (Wildman–Crippen LogP) is -0.565. The molecule has 2 amide bonds. The molecule has 0 aliphatic carbocycles. The highest BCUT2D eigenvalue weighted by Crippen LogP contribution is 1.97. The maximum Gasteiger partial charge on any atom is 0.239 e. The molecule has 0 spiro atoms. The molecule has 0 saturated carbocycles. The zero-order valence-electron chi connectivity index (χ0n) is 11.6. The lowest BCUT2D eigenvalue weighted by Gasteiger charge is -2.11. The second kappa shape index (κ2) is 9.06. The van der Waals surface area contributed by atoms with Crippen molar-refractivity contribution in [2.75, 3.05) is 26.8 Å². The lowest BCUT2D eigenvalue weighted by atomic mass is 10.1. The average Bonchev–Trinajstić information content (AvgIpc) is 2.46. The van der Waals surface area contributed by atoms with E-state index in [-0.39, 0.29) is 19.1 Å². The van der Waals surface area contributed by atoms with Gasteiger partial charge in [-0.2, -0.15) is 0 Å². The number of amides is 2. The van der Waals surface area contributed by atoms with E-state index in [1.807, 2.05) is 30.3 Å². The van der Waals surface area contributed by atoms with E-state index < -0.39 is 11.9 Å². The van der Waals surface area contributed by atoms with Gasteiger partial charge in [-0.15, -0.1) is 0 Å². The van der Waals surface area contributed by atoms with Gasteiger partial charge in [0, 0.05) is 13.7 Å². The molecule has 4 N–H and O–H groups in total. The van der Waals surface area contributed by atoms with E-state index in [9.17, 15) is 9.59 Å². The van der Waals surface area contributed by atoms with Crippen molar-refractivity contribution in [1.82, 2.24) is 10.6 Å². The lowest BCUT2D eigenvalue weighted by molar-refractivity contribution is -0.127. The first-order chi connectivity index (χ1) is 9.63. The molecule has 6 nitrogen and oxygen atoms in total. The highest BCUT2D eigenvalue weighted by atomic mass is 16.5. The van der Waals surface area contributed by atoms with E-state index in [0.29, 0.717) is 6.54 Å². The minimum Gasteiger partial charge on any atom is -0.383 e. The number of nitrogens with two attached hydrogens (primary N) is 1. The second-order valence-electron chi connectivity index (χ2n) is 4.37. The van der Waals surface area contributed by atoms with Gasteiger partial charge in [0.25, 0.3) is 0 Å². The number of hydrogen-bond donors (Lipinski definition) is 3. The van der Waals surface area contributed by atoms with Gasteiger partial charge in [-0.3, -0.25) is 9.59 Å². The Morgan fingerprint density at radius 1 is 1.25 bits per heavy atom. The number of ether oxygens (including phenoxy) is 1. The molecule has 110 valence electrons. The summed E-state index contributed by atoms with van der Waals surface area (Å²) in [6.45, 7) is 0.579. The topological polar surface area (TPSA) is 93.4 Å². The van der Waals surface area contributed by atoms with E-state index in [2.05, 4.69) is 10.6 Å². The Morgan fingerprint density at radius 2 is 1.95 bits per heavy atom. The molecule has 0 aromatic heterocycles. The SMILES string of the molecule is COCC(N)C(=O)NCC(=O)NCCc1ccccc1. The summed E-state index contributed by atoms with van der Waals surface area (Å²) in [5.74, 6) is -0.635. The number of rotatable bonds is 8. The number of nitrogens with one attached hydrogen (secondary N) is 2. The van der Waals surface area contributed by atoms with Gasteiger partial charge in [0.2, 0.25) is 11.8 Å². The molecule has 1 aromatic carbocycles. The summed E-state index contributed by atoms with van der Waals surface area (Å²) in [4.78, 5) is 23.0. The van der Waals surface area contributed by atoms with Crippen LogP contribution in [0.1, 0.15) is 5.56 Å². The molecule has 0 heterocycles. The number of carbonyl (C=O) groups excluding carboxylic acids is 2. The van der Waals surface area contributed by atoms with Crippen LogP contribution in [0.25, 0.3) is 0 Å². The van der Waals surface area contributed by atoms with E-state index >= 15 is 0 Å². The summed E-state index contributed by atoms with van der Waals surface area (Å²) in [5.41, 5.74) is 6.67. The molecule has 20 heavy (non-hydrogen) atoms. The summed E-state index contributed by atoms with van der Waals surface area (Å²) in [7, 11) is 1.46. The summed E-state index contributed by atoms with van der Waals surface area (Å²) >= 11 is 0. The van der Waals surface area contributed by atoms with Gasteiger partial charge in [0.15, 0.2) is 0 Å². The van der Waals surface area contributed by atoms with Gasteiger partial charge in [0.05, 0.1) is 13.2 Å². The molecule has 6 heteroatoms. The van der Waals surface area contributed by atoms with Crippen LogP contribution in [-0.2, 0) is 20.7 Å². The van der Waals surface area contributed by atoms with Crippen molar-refractivity contribution in [1.29, 1.82) is 0 Å². The van der Waals surface area contributed by atoms with E-state index in [0.717, 1.165) is 12.0 Å². The fourth-order valence-electron chi connectivity index (χ4n) is 1.61. The van der Waals surface area contributed by atoms with E-state index in [1.54, 1.807) is 0 Å². The molecule has 0 aliphatic rings. The molecule has 0 saturated heterocycles. The maximum atomic E-state index is 11.5. The van der Waals surface area contributed by atoms with Crippen LogP contribution in [0.15, 0.2) is 30.3 Å². The van der Waals surface area contributed by atoms with Crippen LogP contribution < -0.4 is 16.4 Å². The van der Waals surface area contributed by atoms with Gasteiger partial charge < -0.3 is 21.1 Å². The molecule has 1 atom stereocenters. The van der Waals surface area contributed by atoms with Crippen molar-refractivity contribution in [2.24, 2.45) is 5.73 Å². The number of methoxy groups -OCH3 is 1. The molecule has 1 unspecified atom stereocenters. The minimum absolute atomic E-state index is 0.0783. The van der Waals surface area contributed by atoms with Gasteiger partial charge in [-0.1, -0.05) is 30.3 Å². The van der Waals surface area contributed by atoms with Crippen LogP contribution in [0, 0.1) is 0 Å². The smallest absolute Gasteiger partial charge is 0.239 e. The Balaban J connectivity index is 2.16. The van der Waals surface area contributed by atoms with Crippen molar-refractivity contribution in [3.05, 3.63) is 35.9 Å². The predicted molar refractivity (Wildman–Crippen MR) is 76.0 cm³/mol. The fourth-order valence-corrected chi connectivity index (χ4v) is 1.61. The first kappa shape index (κ1) is 16.1. The average molecular weight is 279 g/mol. The third kappa shape index (κ3) is 6.31. The Morgan fingerprint density at radius 3 is 2.60 bits per heavy atom. The monoisotopic (exact) mass is 279 g/mol. The van der Waals surface area contributed by atoms with Crippen molar-refractivity contribution >= 4 is 11.8 Å². The van der Waals surface area contributed by atoms with Crippen molar-refractivity contribution < 1.29 is 14.3 Å². The van der Waals surface area contributed by atoms with E-state index in [1.165, 1.54) is 7.11 Å². The first-order valence-corrected chi connectivity index (χ1v) is 6.46. The Labute approximate surface area is 118 Å². The molecule has 1 aromatic rings. The number of carbonyl (C=O) groups is 2. The van der Waals surface area contributed by atoms with Crippen LogP contribution in [0.3, 0.4) is 0 Å². The van der Waals surface area contributed by atoms with Crippen LogP contribution in [0.4, 0.5) is 0 Å².